The van der Waals surface area contributed by atoms with Crippen molar-refractivity contribution in [3.8, 4) is 0 Å². The maximum absolute atomic E-state index is 4.94. The topological polar surface area (TPSA) is 43.4 Å². The number of hydrogen-bond acceptors (Lipinski definition) is 1. The third kappa shape index (κ3) is 3.14. The van der Waals surface area contributed by atoms with Crippen molar-refractivity contribution >= 4 is 16.9 Å². The van der Waals surface area contributed by atoms with E-state index in [1.165, 1.54) is 54.3 Å². The van der Waals surface area contributed by atoms with Crippen LogP contribution in [0.5, 0.6) is 0 Å². The molecule has 4 heteroatoms. The van der Waals surface area contributed by atoms with Crippen molar-refractivity contribution in [2.45, 2.75) is 46.0 Å². The predicted octanol–water partition coefficient (Wildman–Crippen LogP) is 3.86. The highest BCUT2D eigenvalue weighted by atomic mass is 15.3. The molecule has 2 N–H and O–H groups in total. The number of nitrogens with one attached hydrogen (secondary N) is 2. The average molecular weight is 338 g/mol. The molecule has 2 heterocycles. The highest BCUT2D eigenvalue weighted by molar-refractivity contribution is 5.86. The van der Waals surface area contributed by atoms with Crippen LogP contribution in [0.15, 0.2) is 29.4 Å². The van der Waals surface area contributed by atoms with Gasteiger partial charge < -0.3 is 15.2 Å². The minimum atomic E-state index is 0.616. The molecule has 134 valence electrons. The smallest absolute Gasteiger partial charge is 0.193 e. The summed E-state index contributed by atoms with van der Waals surface area (Å²) in [7, 11) is 0. The normalized spacial score (nSPS) is 19.6. The number of aromatic nitrogens is 1. The van der Waals surface area contributed by atoms with Crippen LogP contribution in [-0.2, 0) is 6.42 Å². The molecule has 0 unspecified atom stereocenters. The molecule has 1 aliphatic heterocycles. The maximum Gasteiger partial charge on any atom is 0.193 e. The number of H-pyrrole nitrogens is 1. The minimum absolute atomic E-state index is 0.616. The Morgan fingerprint density at radius 2 is 2.20 bits per heavy atom. The Balaban J connectivity index is 1.44. The van der Waals surface area contributed by atoms with E-state index in [0.717, 1.165) is 32.0 Å². The SMILES string of the molecule is CCNC(=NCCc1c[nH]c2c(C)cccc12)N1CCC2(CCC2)C1. The predicted molar refractivity (Wildman–Crippen MR) is 105 cm³/mol. The first kappa shape index (κ1) is 16.5. The van der Waals surface area contributed by atoms with E-state index in [1.54, 1.807) is 0 Å². The van der Waals surface area contributed by atoms with Gasteiger partial charge in [0.2, 0.25) is 0 Å². The monoisotopic (exact) mass is 338 g/mol. The first-order valence-electron chi connectivity index (χ1n) is 9.80. The van der Waals surface area contributed by atoms with Crippen LogP contribution in [0.3, 0.4) is 0 Å². The van der Waals surface area contributed by atoms with Crippen LogP contribution in [0.2, 0.25) is 0 Å². The van der Waals surface area contributed by atoms with Crippen LogP contribution in [0.25, 0.3) is 10.9 Å². The summed E-state index contributed by atoms with van der Waals surface area (Å²) in [5.74, 6) is 1.11. The Morgan fingerprint density at radius 1 is 1.32 bits per heavy atom. The fraction of sp³-hybridized carbons (Fsp3) is 0.571. The number of nitrogens with zero attached hydrogens (tertiary/aromatic N) is 2. The van der Waals surface area contributed by atoms with Gasteiger partial charge in [-0.25, -0.2) is 0 Å². The summed E-state index contributed by atoms with van der Waals surface area (Å²) in [4.78, 5) is 10.9. The molecule has 2 aliphatic rings. The third-order valence-corrected chi connectivity index (χ3v) is 6.14. The van der Waals surface area contributed by atoms with E-state index >= 15 is 0 Å². The largest absolute Gasteiger partial charge is 0.361 e. The summed E-state index contributed by atoms with van der Waals surface area (Å²) >= 11 is 0. The van der Waals surface area contributed by atoms with Crippen molar-refractivity contribution in [3.05, 3.63) is 35.5 Å². The van der Waals surface area contributed by atoms with Crippen molar-refractivity contribution in [2.75, 3.05) is 26.2 Å². The van der Waals surface area contributed by atoms with Gasteiger partial charge in [-0.2, -0.15) is 0 Å². The van der Waals surface area contributed by atoms with Crippen LogP contribution < -0.4 is 5.32 Å². The molecular weight excluding hydrogens is 308 g/mol. The number of hydrogen-bond donors (Lipinski definition) is 2. The third-order valence-electron chi connectivity index (χ3n) is 6.14. The zero-order valence-corrected chi connectivity index (χ0v) is 15.6. The van der Waals surface area contributed by atoms with Gasteiger partial charge in [0.1, 0.15) is 0 Å². The molecule has 4 rings (SSSR count). The Hall–Kier alpha value is -1.97. The molecular formula is C21H30N4. The lowest BCUT2D eigenvalue weighted by molar-refractivity contribution is 0.151. The van der Waals surface area contributed by atoms with E-state index in [4.69, 9.17) is 4.99 Å². The van der Waals surface area contributed by atoms with Crippen molar-refractivity contribution in [1.29, 1.82) is 0 Å². The number of fused-ring (bicyclic) bond motifs is 1. The van der Waals surface area contributed by atoms with Crippen LogP contribution in [-0.4, -0.2) is 42.0 Å². The first-order valence-corrected chi connectivity index (χ1v) is 9.80. The number of para-hydroxylation sites is 1. The minimum Gasteiger partial charge on any atom is -0.361 e. The number of rotatable bonds is 4. The summed E-state index contributed by atoms with van der Waals surface area (Å²) in [5, 5.41) is 4.85. The van der Waals surface area contributed by atoms with Crippen molar-refractivity contribution in [1.82, 2.24) is 15.2 Å². The van der Waals surface area contributed by atoms with Gasteiger partial charge in [0.25, 0.3) is 0 Å². The van der Waals surface area contributed by atoms with Crippen LogP contribution >= 0.6 is 0 Å². The highest BCUT2D eigenvalue weighted by Crippen LogP contribution is 2.47. The molecule has 0 amide bonds. The molecule has 25 heavy (non-hydrogen) atoms. The molecule has 1 spiro atoms. The van der Waals surface area contributed by atoms with Gasteiger partial charge >= 0.3 is 0 Å². The summed E-state index contributed by atoms with van der Waals surface area (Å²) in [6.45, 7) is 8.46. The van der Waals surface area contributed by atoms with Crippen molar-refractivity contribution < 1.29 is 0 Å². The maximum atomic E-state index is 4.94. The average Bonchev–Trinajstić information content (AvgIpc) is 3.19. The van der Waals surface area contributed by atoms with E-state index in [1.807, 2.05) is 0 Å². The van der Waals surface area contributed by atoms with Crippen LogP contribution in [0, 0.1) is 12.3 Å². The van der Waals surface area contributed by atoms with E-state index in [-0.39, 0.29) is 0 Å². The number of aliphatic imine (C=N–C) groups is 1. The van der Waals surface area contributed by atoms with Crippen molar-refractivity contribution in [3.63, 3.8) is 0 Å². The Labute approximate surface area is 150 Å². The Bertz CT molecular complexity index is 769. The Morgan fingerprint density at radius 3 is 2.92 bits per heavy atom. The molecule has 0 atom stereocenters. The zero-order valence-electron chi connectivity index (χ0n) is 15.6. The van der Waals surface area contributed by atoms with Gasteiger partial charge in [0.05, 0.1) is 0 Å². The highest BCUT2D eigenvalue weighted by Gasteiger charge is 2.43. The second-order valence-corrected chi connectivity index (χ2v) is 7.82. The van der Waals surface area contributed by atoms with Gasteiger partial charge in [-0.05, 0) is 56.1 Å². The van der Waals surface area contributed by atoms with Gasteiger partial charge in [0.15, 0.2) is 5.96 Å². The molecule has 4 nitrogen and oxygen atoms in total. The van der Waals surface area contributed by atoms with E-state index in [9.17, 15) is 0 Å². The van der Waals surface area contributed by atoms with Crippen LogP contribution in [0.4, 0.5) is 0 Å². The molecule has 1 aromatic carbocycles. The lowest BCUT2D eigenvalue weighted by atomic mass is 9.68. The number of guanidine groups is 1. The van der Waals surface area contributed by atoms with Gasteiger partial charge in [0, 0.05) is 43.3 Å². The van der Waals surface area contributed by atoms with Crippen LogP contribution in [0.1, 0.15) is 43.7 Å². The van der Waals surface area contributed by atoms with Gasteiger partial charge in [-0.15, -0.1) is 0 Å². The van der Waals surface area contributed by atoms with E-state index < -0.39 is 0 Å². The molecule has 1 saturated carbocycles. The number of aromatic amines is 1. The summed E-state index contributed by atoms with van der Waals surface area (Å²) < 4.78 is 0. The molecule has 0 bridgehead atoms. The number of aryl methyl sites for hydroxylation is 1. The fourth-order valence-corrected chi connectivity index (χ4v) is 4.48. The summed E-state index contributed by atoms with van der Waals surface area (Å²) in [6.07, 6.45) is 8.73. The zero-order chi connectivity index (χ0) is 17.3. The summed E-state index contributed by atoms with van der Waals surface area (Å²) in [6, 6.07) is 6.52. The molecule has 2 fully saturated rings. The van der Waals surface area contributed by atoms with Gasteiger partial charge in [-0.3, -0.25) is 4.99 Å². The number of likely N-dealkylation sites (tertiary alicyclic amines) is 1. The summed E-state index contributed by atoms with van der Waals surface area (Å²) in [5.41, 5.74) is 4.56. The van der Waals surface area contributed by atoms with E-state index in [2.05, 4.69) is 53.4 Å². The second-order valence-electron chi connectivity index (χ2n) is 7.82. The molecule has 0 radical (unpaired) electrons. The molecule has 1 aromatic heterocycles. The first-order chi connectivity index (χ1) is 12.2. The second kappa shape index (κ2) is 6.74. The van der Waals surface area contributed by atoms with E-state index in [0.29, 0.717) is 5.41 Å². The lowest BCUT2D eigenvalue weighted by Crippen LogP contribution is -2.42. The van der Waals surface area contributed by atoms with Crippen molar-refractivity contribution in [2.24, 2.45) is 10.4 Å². The quantitative estimate of drug-likeness (QED) is 0.657. The molecule has 1 saturated heterocycles. The molecule has 2 aromatic rings. The molecule has 1 aliphatic carbocycles. The lowest BCUT2D eigenvalue weighted by Gasteiger charge is -2.38. The Kier molecular flexibility index (Phi) is 4.45. The standard InChI is InChI=1S/C21H30N4/c1-3-22-20(25-13-11-21(15-25)9-5-10-21)23-12-8-17-14-24-19-16(2)6-4-7-18(17)19/h4,6-7,14,24H,3,5,8-13,15H2,1-2H3,(H,22,23). The van der Waals surface area contributed by atoms with Gasteiger partial charge in [-0.1, -0.05) is 24.6 Å². The number of benzene rings is 1. The fourth-order valence-electron chi connectivity index (χ4n) is 4.48.